The average molecular weight is 264 g/mol. The molecule has 0 saturated carbocycles. The second-order valence-electron chi connectivity index (χ2n) is 4.68. The van der Waals surface area contributed by atoms with Gasteiger partial charge in [-0.05, 0) is 37.6 Å². The van der Waals surface area contributed by atoms with Gasteiger partial charge in [-0.1, -0.05) is 19.1 Å². The monoisotopic (exact) mass is 264 g/mol. The smallest absolute Gasteiger partial charge is 0.225 e. The lowest BCUT2D eigenvalue weighted by atomic mass is 10.1. The van der Waals surface area contributed by atoms with Gasteiger partial charge in [-0.15, -0.1) is 0 Å². The van der Waals surface area contributed by atoms with E-state index < -0.39 is 0 Å². The lowest BCUT2D eigenvalue weighted by molar-refractivity contribution is -0.135. The topological polar surface area (TPSA) is 55.6 Å². The molecule has 0 heterocycles. The van der Waals surface area contributed by atoms with Crippen molar-refractivity contribution < 1.29 is 9.53 Å². The van der Waals surface area contributed by atoms with Crippen LogP contribution in [0, 0.1) is 5.92 Å². The summed E-state index contributed by atoms with van der Waals surface area (Å²) in [7, 11) is 1.64. The van der Waals surface area contributed by atoms with Gasteiger partial charge in [-0.3, -0.25) is 4.79 Å². The molecular formula is C15H24N2O2. The number of benzene rings is 1. The van der Waals surface area contributed by atoms with Gasteiger partial charge in [-0.2, -0.15) is 0 Å². The first kappa shape index (κ1) is 15.5. The van der Waals surface area contributed by atoms with E-state index in [1.165, 1.54) is 0 Å². The Hall–Kier alpha value is -1.55. The number of carbonyl (C=O) groups excluding carboxylic acids is 1. The Morgan fingerprint density at radius 1 is 1.37 bits per heavy atom. The highest BCUT2D eigenvalue weighted by Crippen LogP contribution is 2.15. The molecule has 1 aromatic rings. The maximum absolute atomic E-state index is 12.2. The van der Waals surface area contributed by atoms with E-state index in [0.717, 1.165) is 17.7 Å². The van der Waals surface area contributed by atoms with Crippen molar-refractivity contribution in [2.24, 2.45) is 11.7 Å². The van der Waals surface area contributed by atoms with Gasteiger partial charge in [0.1, 0.15) is 5.75 Å². The molecule has 106 valence electrons. The van der Waals surface area contributed by atoms with Gasteiger partial charge in [-0.25, -0.2) is 0 Å². The van der Waals surface area contributed by atoms with Crippen LogP contribution in [0.15, 0.2) is 24.3 Å². The van der Waals surface area contributed by atoms with Crippen molar-refractivity contribution in [3.05, 3.63) is 29.8 Å². The van der Waals surface area contributed by atoms with E-state index in [2.05, 4.69) is 0 Å². The minimum absolute atomic E-state index is 0.0109. The molecule has 0 aliphatic rings. The van der Waals surface area contributed by atoms with Crippen LogP contribution in [-0.4, -0.2) is 31.0 Å². The van der Waals surface area contributed by atoms with Gasteiger partial charge in [0, 0.05) is 19.0 Å². The molecule has 0 spiro atoms. The fraction of sp³-hybridized carbons (Fsp3) is 0.533. The third-order valence-corrected chi connectivity index (χ3v) is 3.25. The molecule has 0 radical (unpaired) electrons. The SMILES string of the molecule is CCN(Cc1ccc(OC)cc1)C(=O)C(C)CCN. The molecule has 2 N–H and O–H groups in total. The second-order valence-corrected chi connectivity index (χ2v) is 4.68. The molecule has 0 saturated heterocycles. The Balaban J connectivity index is 2.67. The van der Waals surface area contributed by atoms with Gasteiger partial charge in [0.25, 0.3) is 0 Å². The summed E-state index contributed by atoms with van der Waals surface area (Å²) < 4.78 is 5.12. The minimum Gasteiger partial charge on any atom is -0.497 e. The van der Waals surface area contributed by atoms with Crippen molar-refractivity contribution in [2.45, 2.75) is 26.8 Å². The molecule has 4 heteroatoms. The van der Waals surface area contributed by atoms with E-state index in [9.17, 15) is 4.79 Å². The van der Waals surface area contributed by atoms with Crippen LogP contribution in [0.2, 0.25) is 0 Å². The quantitative estimate of drug-likeness (QED) is 0.820. The van der Waals surface area contributed by atoms with E-state index in [4.69, 9.17) is 10.5 Å². The van der Waals surface area contributed by atoms with E-state index >= 15 is 0 Å². The van der Waals surface area contributed by atoms with Crippen LogP contribution < -0.4 is 10.5 Å². The highest BCUT2D eigenvalue weighted by Gasteiger charge is 2.18. The molecule has 0 aromatic heterocycles. The summed E-state index contributed by atoms with van der Waals surface area (Å²) in [5, 5.41) is 0. The fourth-order valence-electron chi connectivity index (χ4n) is 1.98. The Bertz CT molecular complexity index is 390. The first-order valence-electron chi connectivity index (χ1n) is 6.74. The molecule has 4 nitrogen and oxygen atoms in total. The Morgan fingerprint density at radius 2 is 2.00 bits per heavy atom. The van der Waals surface area contributed by atoms with Crippen molar-refractivity contribution in [1.29, 1.82) is 0 Å². The normalized spacial score (nSPS) is 12.0. The second kappa shape index (κ2) is 7.79. The summed E-state index contributed by atoms with van der Waals surface area (Å²) in [4.78, 5) is 14.1. The van der Waals surface area contributed by atoms with Crippen molar-refractivity contribution >= 4 is 5.91 Å². The van der Waals surface area contributed by atoms with E-state index in [0.29, 0.717) is 19.6 Å². The van der Waals surface area contributed by atoms with Crippen molar-refractivity contribution in [2.75, 3.05) is 20.2 Å². The van der Waals surface area contributed by atoms with Crippen LogP contribution in [0.1, 0.15) is 25.8 Å². The summed E-state index contributed by atoms with van der Waals surface area (Å²) in [6.07, 6.45) is 0.734. The average Bonchev–Trinajstić information content (AvgIpc) is 2.45. The molecule has 0 fully saturated rings. The lowest BCUT2D eigenvalue weighted by Gasteiger charge is -2.24. The number of ether oxygens (including phenoxy) is 1. The minimum atomic E-state index is -0.0109. The van der Waals surface area contributed by atoms with E-state index in [1.807, 2.05) is 43.0 Å². The van der Waals surface area contributed by atoms with Crippen LogP contribution in [0.5, 0.6) is 5.75 Å². The summed E-state index contributed by atoms with van der Waals surface area (Å²) in [6.45, 7) is 5.82. The zero-order valence-corrected chi connectivity index (χ0v) is 12.1. The zero-order chi connectivity index (χ0) is 14.3. The summed E-state index contributed by atoms with van der Waals surface area (Å²) in [6, 6.07) is 7.80. The number of hydrogen-bond acceptors (Lipinski definition) is 3. The molecular weight excluding hydrogens is 240 g/mol. The Morgan fingerprint density at radius 3 is 2.47 bits per heavy atom. The number of nitrogens with zero attached hydrogens (tertiary/aromatic N) is 1. The summed E-state index contributed by atoms with van der Waals surface area (Å²) >= 11 is 0. The van der Waals surface area contributed by atoms with Gasteiger partial charge >= 0.3 is 0 Å². The number of hydrogen-bond donors (Lipinski definition) is 1. The summed E-state index contributed by atoms with van der Waals surface area (Å²) in [5.41, 5.74) is 6.62. The first-order chi connectivity index (χ1) is 9.12. The molecule has 1 atom stereocenters. The van der Waals surface area contributed by atoms with Crippen molar-refractivity contribution in [3.63, 3.8) is 0 Å². The van der Waals surface area contributed by atoms with Crippen LogP contribution in [0.4, 0.5) is 0 Å². The van der Waals surface area contributed by atoms with Crippen molar-refractivity contribution in [3.8, 4) is 5.75 Å². The molecule has 0 aliphatic heterocycles. The van der Waals surface area contributed by atoms with Crippen molar-refractivity contribution in [1.82, 2.24) is 4.90 Å². The number of amides is 1. The highest BCUT2D eigenvalue weighted by atomic mass is 16.5. The molecule has 0 bridgehead atoms. The maximum Gasteiger partial charge on any atom is 0.225 e. The third kappa shape index (κ3) is 4.56. The summed E-state index contributed by atoms with van der Waals surface area (Å²) in [5.74, 6) is 0.988. The van der Waals surface area contributed by atoms with Gasteiger partial charge in [0.05, 0.1) is 7.11 Å². The van der Waals surface area contributed by atoms with Crippen LogP contribution in [0.3, 0.4) is 0 Å². The predicted octanol–water partition coefficient (Wildman–Crippen LogP) is 2.03. The first-order valence-corrected chi connectivity index (χ1v) is 6.74. The standard InChI is InChI=1S/C15H24N2O2/c1-4-17(15(18)12(2)9-10-16)11-13-5-7-14(19-3)8-6-13/h5-8,12H,4,9-11,16H2,1-3H3. The van der Waals surface area contributed by atoms with Crippen LogP contribution in [0.25, 0.3) is 0 Å². The highest BCUT2D eigenvalue weighted by molar-refractivity contribution is 5.78. The van der Waals surface area contributed by atoms with Crippen LogP contribution in [-0.2, 0) is 11.3 Å². The number of carbonyl (C=O) groups is 1. The number of rotatable bonds is 7. The predicted molar refractivity (Wildman–Crippen MR) is 76.9 cm³/mol. The van der Waals surface area contributed by atoms with Gasteiger partial charge < -0.3 is 15.4 Å². The third-order valence-electron chi connectivity index (χ3n) is 3.25. The Kier molecular flexibility index (Phi) is 6.36. The number of methoxy groups -OCH3 is 1. The van der Waals surface area contributed by atoms with E-state index in [1.54, 1.807) is 7.11 Å². The molecule has 19 heavy (non-hydrogen) atoms. The maximum atomic E-state index is 12.2. The van der Waals surface area contributed by atoms with Gasteiger partial charge in [0.2, 0.25) is 5.91 Å². The fourth-order valence-corrected chi connectivity index (χ4v) is 1.98. The molecule has 1 rings (SSSR count). The van der Waals surface area contributed by atoms with E-state index in [-0.39, 0.29) is 11.8 Å². The number of nitrogens with two attached hydrogens (primary N) is 1. The lowest BCUT2D eigenvalue weighted by Crippen LogP contribution is -2.35. The molecule has 1 amide bonds. The van der Waals surface area contributed by atoms with Crippen LogP contribution >= 0.6 is 0 Å². The largest absolute Gasteiger partial charge is 0.497 e. The molecule has 1 unspecified atom stereocenters. The molecule has 0 aliphatic carbocycles. The Labute approximate surface area is 115 Å². The molecule has 1 aromatic carbocycles. The van der Waals surface area contributed by atoms with Gasteiger partial charge in [0.15, 0.2) is 0 Å². The zero-order valence-electron chi connectivity index (χ0n) is 12.1.